The Labute approximate surface area is 110 Å². The van der Waals surface area contributed by atoms with Gasteiger partial charge in [-0.15, -0.1) is 0 Å². The van der Waals surface area contributed by atoms with Crippen LogP contribution in [0.4, 0.5) is 0 Å². The van der Waals surface area contributed by atoms with Gasteiger partial charge < -0.3 is 25.1 Å². The topological polar surface area (TPSA) is 91.0 Å². The number of methoxy groups -OCH3 is 1. The van der Waals surface area contributed by atoms with Crippen molar-refractivity contribution in [2.45, 2.75) is 18.9 Å². The zero-order chi connectivity index (χ0) is 13.6. The number of fused-ring (bicyclic) bond motifs is 2. The Hall–Kier alpha value is -1.95. The summed E-state index contributed by atoms with van der Waals surface area (Å²) in [6.45, 7) is 1.02. The number of carboxylic acid groups (broad SMARTS) is 1. The van der Waals surface area contributed by atoms with Gasteiger partial charge in [0.25, 0.3) is 0 Å². The Bertz CT molecular complexity index is 519. The minimum Gasteiger partial charge on any atom is -0.492 e. The molecule has 0 saturated carbocycles. The SMILES string of the molecule is COc1c2c(c(C(N)C(=O)O)c3c1OCC3)OCC2. The monoisotopic (exact) mass is 265 g/mol. The van der Waals surface area contributed by atoms with Gasteiger partial charge in [0.2, 0.25) is 0 Å². The molecule has 3 rings (SSSR count). The van der Waals surface area contributed by atoms with Gasteiger partial charge in [-0.2, -0.15) is 0 Å². The van der Waals surface area contributed by atoms with Crippen molar-refractivity contribution in [2.75, 3.05) is 20.3 Å². The van der Waals surface area contributed by atoms with Gasteiger partial charge in [0.05, 0.1) is 20.3 Å². The first-order chi connectivity index (χ1) is 9.15. The quantitative estimate of drug-likeness (QED) is 0.833. The number of aliphatic carboxylic acids is 1. The third-order valence-corrected chi connectivity index (χ3v) is 3.58. The summed E-state index contributed by atoms with van der Waals surface area (Å²) >= 11 is 0. The molecule has 0 bridgehead atoms. The second-order valence-corrected chi connectivity index (χ2v) is 4.58. The normalized spacial score (nSPS) is 17.2. The lowest BCUT2D eigenvalue weighted by Gasteiger charge is -2.18. The lowest BCUT2D eigenvalue weighted by atomic mass is 9.93. The summed E-state index contributed by atoms with van der Waals surface area (Å²) in [5, 5.41) is 9.17. The number of hydrogen-bond donors (Lipinski definition) is 2. The molecule has 0 amide bonds. The molecule has 0 fully saturated rings. The molecule has 6 nitrogen and oxygen atoms in total. The maximum Gasteiger partial charge on any atom is 0.325 e. The molecule has 1 unspecified atom stereocenters. The summed E-state index contributed by atoms with van der Waals surface area (Å²) in [6, 6.07) is -1.10. The van der Waals surface area contributed by atoms with Gasteiger partial charge in [-0.25, -0.2) is 0 Å². The molecule has 2 heterocycles. The molecule has 0 saturated heterocycles. The molecule has 0 aromatic heterocycles. The minimum absolute atomic E-state index is 0.508. The van der Waals surface area contributed by atoms with Gasteiger partial charge in [-0.05, 0) is 0 Å². The van der Waals surface area contributed by atoms with E-state index >= 15 is 0 Å². The van der Waals surface area contributed by atoms with Crippen molar-refractivity contribution in [3.8, 4) is 17.2 Å². The van der Waals surface area contributed by atoms with E-state index in [2.05, 4.69) is 0 Å². The molecule has 1 atom stereocenters. The Balaban J connectivity index is 2.27. The molecule has 102 valence electrons. The highest BCUT2D eigenvalue weighted by molar-refractivity contribution is 5.80. The van der Waals surface area contributed by atoms with Crippen LogP contribution in [0.1, 0.15) is 22.7 Å². The van der Waals surface area contributed by atoms with Gasteiger partial charge in [-0.3, -0.25) is 4.79 Å². The lowest BCUT2D eigenvalue weighted by Crippen LogP contribution is -2.22. The van der Waals surface area contributed by atoms with Crippen LogP contribution in [0.3, 0.4) is 0 Å². The van der Waals surface area contributed by atoms with Crippen molar-refractivity contribution in [2.24, 2.45) is 5.73 Å². The average Bonchev–Trinajstić information content (AvgIpc) is 3.02. The molecule has 1 aromatic rings. The van der Waals surface area contributed by atoms with E-state index < -0.39 is 12.0 Å². The Morgan fingerprint density at radius 1 is 1.26 bits per heavy atom. The Morgan fingerprint density at radius 3 is 2.53 bits per heavy atom. The predicted octanol–water partition coefficient (Wildman–Crippen LogP) is 0.649. The summed E-state index contributed by atoms with van der Waals surface area (Å²) in [6.07, 6.45) is 1.30. The maximum absolute atomic E-state index is 11.2. The largest absolute Gasteiger partial charge is 0.492 e. The highest BCUT2D eigenvalue weighted by Crippen LogP contribution is 2.50. The minimum atomic E-state index is -1.10. The third-order valence-electron chi connectivity index (χ3n) is 3.58. The third kappa shape index (κ3) is 1.63. The van der Waals surface area contributed by atoms with Gasteiger partial charge >= 0.3 is 5.97 Å². The van der Waals surface area contributed by atoms with Gasteiger partial charge in [0.15, 0.2) is 11.5 Å². The molecular formula is C13H15NO5. The van der Waals surface area contributed by atoms with Crippen molar-refractivity contribution in [1.82, 2.24) is 0 Å². The molecule has 0 radical (unpaired) electrons. The summed E-state index contributed by atoms with van der Waals surface area (Å²) in [5.41, 5.74) is 7.99. The predicted molar refractivity (Wildman–Crippen MR) is 66.0 cm³/mol. The second-order valence-electron chi connectivity index (χ2n) is 4.58. The van der Waals surface area contributed by atoms with Crippen LogP contribution in [0.5, 0.6) is 17.2 Å². The van der Waals surface area contributed by atoms with E-state index in [1.165, 1.54) is 0 Å². The fourth-order valence-corrected chi connectivity index (χ4v) is 2.77. The van der Waals surface area contributed by atoms with Crippen molar-refractivity contribution in [3.05, 3.63) is 16.7 Å². The zero-order valence-electron chi connectivity index (χ0n) is 10.6. The average molecular weight is 265 g/mol. The highest BCUT2D eigenvalue weighted by Gasteiger charge is 2.36. The van der Waals surface area contributed by atoms with Crippen LogP contribution in [0, 0.1) is 0 Å². The van der Waals surface area contributed by atoms with E-state index in [0.29, 0.717) is 48.9 Å². The van der Waals surface area contributed by atoms with Gasteiger partial charge in [0, 0.05) is 29.5 Å². The first-order valence-corrected chi connectivity index (χ1v) is 6.14. The number of benzene rings is 1. The number of hydrogen-bond acceptors (Lipinski definition) is 5. The van der Waals surface area contributed by atoms with Crippen LogP contribution in [0.25, 0.3) is 0 Å². The summed E-state index contributed by atoms with van der Waals surface area (Å²) in [7, 11) is 1.58. The van der Waals surface area contributed by atoms with Crippen LogP contribution in [0.15, 0.2) is 0 Å². The van der Waals surface area contributed by atoms with E-state index in [1.807, 2.05) is 0 Å². The molecule has 1 aromatic carbocycles. The van der Waals surface area contributed by atoms with E-state index in [1.54, 1.807) is 7.11 Å². The maximum atomic E-state index is 11.2. The van der Waals surface area contributed by atoms with E-state index in [9.17, 15) is 9.90 Å². The first kappa shape index (κ1) is 12.1. The van der Waals surface area contributed by atoms with Crippen LogP contribution < -0.4 is 19.9 Å². The second kappa shape index (κ2) is 4.31. The zero-order valence-corrected chi connectivity index (χ0v) is 10.6. The number of rotatable bonds is 3. The van der Waals surface area contributed by atoms with Crippen molar-refractivity contribution in [1.29, 1.82) is 0 Å². The number of nitrogens with two attached hydrogens (primary N) is 1. The van der Waals surface area contributed by atoms with Crippen LogP contribution >= 0.6 is 0 Å². The Kier molecular flexibility index (Phi) is 2.74. The van der Waals surface area contributed by atoms with Gasteiger partial charge in [-0.1, -0.05) is 0 Å². The van der Waals surface area contributed by atoms with Gasteiger partial charge in [0.1, 0.15) is 11.8 Å². The first-order valence-electron chi connectivity index (χ1n) is 6.14. The fraction of sp³-hybridized carbons (Fsp3) is 0.462. The summed E-state index contributed by atoms with van der Waals surface area (Å²) in [5.74, 6) is 0.771. The van der Waals surface area contributed by atoms with Crippen LogP contribution in [-0.4, -0.2) is 31.4 Å². The molecule has 0 aliphatic carbocycles. The Morgan fingerprint density at radius 2 is 1.89 bits per heavy atom. The summed E-state index contributed by atoms with van der Waals surface area (Å²) in [4.78, 5) is 11.2. The van der Waals surface area contributed by atoms with E-state index in [4.69, 9.17) is 19.9 Å². The van der Waals surface area contributed by atoms with Crippen molar-refractivity contribution in [3.63, 3.8) is 0 Å². The van der Waals surface area contributed by atoms with E-state index in [0.717, 1.165) is 11.1 Å². The lowest BCUT2D eigenvalue weighted by molar-refractivity contribution is -0.138. The van der Waals surface area contributed by atoms with Crippen molar-refractivity contribution >= 4 is 5.97 Å². The fourth-order valence-electron chi connectivity index (χ4n) is 2.77. The standard InChI is InChI=1S/C13H15NO5/c1-17-11-7-3-5-18-10(7)8(9(14)13(15)16)6-2-4-19-12(6)11/h9H,2-5,14H2,1H3,(H,15,16). The number of carbonyl (C=O) groups is 1. The van der Waals surface area contributed by atoms with Crippen molar-refractivity contribution < 1.29 is 24.1 Å². The van der Waals surface area contributed by atoms with Crippen LogP contribution in [-0.2, 0) is 17.6 Å². The smallest absolute Gasteiger partial charge is 0.325 e. The molecule has 2 aliphatic rings. The van der Waals surface area contributed by atoms with E-state index in [-0.39, 0.29) is 0 Å². The van der Waals surface area contributed by atoms with Crippen LogP contribution in [0.2, 0.25) is 0 Å². The molecule has 0 spiro atoms. The molecule has 6 heteroatoms. The molecule has 2 aliphatic heterocycles. The molecule has 19 heavy (non-hydrogen) atoms. The molecule has 3 N–H and O–H groups in total. The number of ether oxygens (including phenoxy) is 3. The molecular weight excluding hydrogens is 250 g/mol. The summed E-state index contributed by atoms with van der Waals surface area (Å²) < 4.78 is 16.6. The number of carboxylic acids is 1. The highest BCUT2D eigenvalue weighted by atomic mass is 16.5.